The first kappa shape index (κ1) is 16.8. The lowest BCUT2D eigenvalue weighted by Crippen LogP contribution is -2.58. The highest BCUT2D eigenvalue weighted by Gasteiger charge is 2.38. The van der Waals surface area contributed by atoms with Crippen LogP contribution in [0.4, 0.5) is 0 Å². The molecule has 3 N–H and O–H groups in total. The van der Waals surface area contributed by atoms with Crippen LogP contribution in [-0.4, -0.2) is 42.0 Å². The fourth-order valence-corrected chi connectivity index (χ4v) is 3.89. The Balaban J connectivity index is 1.88. The van der Waals surface area contributed by atoms with Gasteiger partial charge in [-0.25, -0.2) is 0 Å². The molecule has 1 atom stereocenters. The Morgan fingerprint density at radius 2 is 1.76 bits per heavy atom. The highest BCUT2D eigenvalue weighted by Crippen LogP contribution is 2.35. The molecule has 0 aromatic heterocycles. The molecule has 0 bridgehead atoms. The first-order valence-corrected chi connectivity index (χ1v) is 8.90. The predicted molar refractivity (Wildman–Crippen MR) is 87.1 cm³/mol. The minimum Gasteiger partial charge on any atom is -0.354 e. The normalized spacial score (nSPS) is 24.5. The molecule has 1 aliphatic carbocycles. The summed E-state index contributed by atoms with van der Waals surface area (Å²) in [6.45, 7) is 5.24. The van der Waals surface area contributed by atoms with Gasteiger partial charge in [-0.15, -0.1) is 0 Å². The molecule has 2 rings (SSSR count). The number of carbonyl (C=O) groups is 1. The second-order valence-electron chi connectivity index (χ2n) is 7.13. The zero-order valence-corrected chi connectivity index (χ0v) is 13.7. The van der Waals surface area contributed by atoms with Gasteiger partial charge in [0.15, 0.2) is 0 Å². The van der Waals surface area contributed by atoms with Gasteiger partial charge >= 0.3 is 0 Å². The average molecular weight is 295 g/mol. The fraction of sp³-hybridized carbons (Fsp3) is 0.941. The van der Waals surface area contributed by atoms with Crippen LogP contribution in [0.15, 0.2) is 0 Å². The topological polar surface area (TPSA) is 58.4 Å². The van der Waals surface area contributed by atoms with E-state index < -0.39 is 0 Å². The number of likely N-dealkylation sites (tertiary alicyclic amines) is 1. The highest BCUT2D eigenvalue weighted by molar-refractivity contribution is 5.76. The van der Waals surface area contributed by atoms with Gasteiger partial charge in [-0.1, -0.05) is 25.7 Å². The molecule has 0 radical (unpaired) electrons. The lowest BCUT2D eigenvalue weighted by atomic mass is 9.79. The molecular weight excluding hydrogens is 262 g/mol. The Morgan fingerprint density at radius 1 is 1.14 bits per heavy atom. The van der Waals surface area contributed by atoms with Crippen molar-refractivity contribution in [2.75, 3.05) is 19.6 Å². The summed E-state index contributed by atoms with van der Waals surface area (Å²) in [7, 11) is 0. The van der Waals surface area contributed by atoms with Crippen LogP contribution < -0.4 is 11.1 Å². The van der Waals surface area contributed by atoms with Crippen molar-refractivity contribution >= 4 is 5.91 Å². The maximum atomic E-state index is 12.0. The molecule has 1 amide bonds. The number of amides is 1. The standard InChI is InChI=1S/C17H33N3O/c1-15(18)8-9-16(21)19-14-17(10-4-2-5-11-17)20-12-6-3-7-13-20/h15H,2-14,18H2,1H3,(H,19,21). The number of hydrogen-bond donors (Lipinski definition) is 2. The Kier molecular flexibility index (Phi) is 6.49. The summed E-state index contributed by atoms with van der Waals surface area (Å²) in [5.74, 6) is 0.175. The van der Waals surface area contributed by atoms with Crippen LogP contribution in [0.25, 0.3) is 0 Å². The molecule has 21 heavy (non-hydrogen) atoms. The number of carbonyl (C=O) groups excluding carboxylic acids is 1. The third kappa shape index (κ3) is 4.96. The van der Waals surface area contributed by atoms with Crippen molar-refractivity contribution in [1.29, 1.82) is 0 Å². The maximum absolute atomic E-state index is 12.0. The summed E-state index contributed by atoms with van der Waals surface area (Å²) in [5.41, 5.74) is 5.97. The summed E-state index contributed by atoms with van der Waals surface area (Å²) in [4.78, 5) is 14.7. The number of nitrogens with one attached hydrogen (secondary N) is 1. The second kappa shape index (κ2) is 8.14. The van der Waals surface area contributed by atoms with E-state index in [0.29, 0.717) is 6.42 Å². The first-order valence-electron chi connectivity index (χ1n) is 8.90. The van der Waals surface area contributed by atoms with E-state index in [2.05, 4.69) is 10.2 Å². The van der Waals surface area contributed by atoms with E-state index in [1.54, 1.807) is 0 Å². The Hall–Kier alpha value is -0.610. The number of hydrogen-bond acceptors (Lipinski definition) is 3. The number of nitrogens with zero attached hydrogens (tertiary/aromatic N) is 1. The summed E-state index contributed by atoms with van der Waals surface area (Å²) in [6, 6.07) is 0.112. The van der Waals surface area contributed by atoms with Crippen LogP contribution in [0.2, 0.25) is 0 Å². The van der Waals surface area contributed by atoms with Crippen LogP contribution in [0.1, 0.15) is 71.1 Å². The fourth-order valence-electron chi connectivity index (χ4n) is 3.89. The lowest BCUT2D eigenvalue weighted by Gasteiger charge is -2.48. The molecule has 2 aliphatic rings. The van der Waals surface area contributed by atoms with Crippen LogP contribution in [0, 0.1) is 0 Å². The summed E-state index contributed by atoms with van der Waals surface area (Å²) in [5, 5.41) is 3.21. The van der Waals surface area contributed by atoms with Crippen molar-refractivity contribution in [2.24, 2.45) is 5.73 Å². The van der Waals surface area contributed by atoms with E-state index in [1.165, 1.54) is 64.5 Å². The lowest BCUT2D eigenvalue weighted by molar-refractivity contribution is -0.122. The second-order valence-corrected chi connectivity index (χ2v) is 7.13. The van der Waals surface area contributed by atoms with Gasteiger partial charge in [0.1, 0.15) is 0 Å². The van der Waals surface area contributed by atoms with E-state index in [0.717, 1.165) is 13.0 Å². The van der Waals surface area contributed by atoms with Crippen LogP contribution in [0.5, 0.6) is 0 Å². The summed E-state index contributed by atoms with van der Waals surface area (Å²) < 4.78 is 0. The molecule has 1 saturated heterocycles. The van der Waals surface area contributed by atoms with Crippen molar-refractivity contribution in [3.63, 3.8) is 0 Å². The van der Waals surface area contributed by atoms with Gasteiger partial charge in [0, 0.05) is 24.5 Å². The van der Waals surface area contributed by atoms with Crippen molar-refractivity contribution in [1.82, 2.24) is 10.2 Å². The van der Waals surface area contributed by atoms with Gasteiger partial charge in [0.05, 0.1) is 0 Å². The molecule has 4 nitrogen and oxygen atoms in total. The van der Waals surface area contributed by atoms with Crippen molar-refractivity contribution in [2.45, 2.75) is 82.7 Å². The molecule has 1 aliphatic heterocycles. The SMILES string of the molecule is CC(N)CCC(=O)NCC1(N2CCCCC2)CCCCC1. The number of rotatable bonds is 6. The van der Waals surface area contributed by atoms with E-state index in [-0.39, 0.29) is 17.5 Å². The van der Waals surface area contributed by atoms with Gasteiger partial charge in [0.2, 0.25) is 5.91 Å². The molecule has 122 valence electrons. The van der Waals surface area contributed by atoms with Gasteiger partial charge in [0.25, 0.3) is 0 Å². The zero-order chi connectivity index (χ0) is 15.1. The quantitative estimate of drug-likeness (QED) is 0.791. The van der Waals surface area contributed by atoms with Crippen molar-refractivity contribution < 1.29 is 4.79 Å². The minimum absolute atomic E-state index is 0.112. The Bertz CT molecular complexity index is 318. The third-order valence-corrected chi connectivity index (χ3v) is 5.25. The Labute approximate surface area is 129 Å². The van der Waals surface area contributed by atoms with E-state index >= 15 is 0 Å². The van der Waals surface area contributed by atoms with Crippen molar-refractivity contribution in [3.8, 4) is 0 Å². The van der Waals surface area contributed by atoms with E-state index in [9.17, 15) is 4.79 Å². The van der Waals surface area contributed by atoms with Gasteiger partial charge in [-0.2, -0.15) is 0 Å². The number of nitrogens with two attached hydrogens (primary N) is 1. The molecule has 1 saturated carbocycles. The molecule has 4 heteroatoms. The molecular formula is C17H33N3O. The van der Waals surface area contributed by atoms with Crippen molar-refractivity contribution in [3.05, 3.63) is 0 Å². The molecule has 2 fully saturated rings. The van der Waals surface area contributed by atoms with Crippen LogP contribution in [-0.2, 0) is 4.79 Å². The van der Waals surface area contributed by atoms with E-state index in [4.69, 9.17) is 5.73 Å². The highest BCUT2D eigenvalue weighted by atomic mass is 16.1. The van der Waals surface area contributed by atoms with E-state index in [1.807, 2.05) is 6.92 Å². The largest absolute Gasteiger partial charge is 0.354 e. The molecule has 0 aromatic rings. The monoisotopic (exact) mass is 295 g/mol. The van der Waals surface area contributed by atoms with Gasteiger partial charge in [-0.3, -0.25) is 9.69 Å². The number of piperidine rings is 1. The van der Waals surface area contributed by atoms with Crippen LogP contribution >= 0.6 is 0 Å². The predicted octanol–water partition coefficient (Wildman–Crippen LogP) is 2.42. The third-order valence-electron chi connectivity index (χ3n) is 5.25. The molecule has 1 heterocycles. The van der Waals surface area contributed by atoms with Crippen LogP contribution in [0.3, 0.4) is 0 Å². The molecule has 0 spiro atoms. The summed E-state index contributed by atoms with van der Waals surface area (Å²) >= 11 is 0. The van der Waals surface area contributed by atoms with Gasteiger partial charge < -0.3 is 11.1 Å². The van der Waals surface area contributed by atoms with Gasteiger partial charge in [-0.05, 0) is 52.1 Å². The summed E-state index contributed by atoms with van der Waals surface area (Å²) in [6.07, 6.45) is 11.8. The molecule has 0 aromatic carbocycles. The molecule has 1 unspecified atom stereocenters. The Morgan fingerprint density at radius 3 is 2.38 bits per heavy atom. The maximum Gasteiger partial charge on any atom is 0.220 e. The zero-order valence-electron chi connectivity index (χ0n) is 13.7. The average Bonchev–Trinajstić information content (AvgIpc) is 2.52. The smallest absolute Gasteiger partial charge is 0.220 e. The minimum atomic E-state index is 0.112. The first-order chi connectivity index (χ1) is 10.1.